The molecule has 0 saturated carbocycles. The first-order valence-corrected chi connectivity index (χ1v) is 8.01. The summed E-state index contributed by atoms with van der Waals surface area (Å²) in [6.45, 7) is 4.49. The van der Waals surface area contributed by atoms with Crippen LogP contribution >= 0.6 is 11.3 Å². The van der Waals surface area contributed by atoms with Gasteiger partial charge in [-0.2, -0.15) is 19.8 Å². The van der Waals surface area contributed by atoms with Crippen molar-refractivity contribution in [3.05, 3.63) is 52.7 Å². The van der Waals surface area contributed by atoms with Crippen LogP contribution in [0.15, 0.2) is 52.1 Å². The van der Waals surface area contributed by atoms with E-state index >= 15 is 0 Å². The molecule has 0 aliphatic rings. The van der Waals surface area contributed by atoms with Gasteiger partial charge in [-0.25, -0.2) is 0 Å². The van der Waals surface area contributed by atoms with Crippen LogP contribution in [0.3, 0.4) is 0 Å². The summed E-state index contributed by atoms with van der Waals surface area (Å²) in [6, 6.07) is 10.0. The Balaban J connectivity index is 0.000000334. The lowest BCUT2D eigenvalue weighted by atomic mass is 10.2. The van der Waals surface area contributed by atoms with Crippen molar-refractivity contribution in [2.24, 2.45) is 5.73 Å². The topological polar surface area (TPSA) is 80.4 Å². The number of hydrogen-bond donors (Lipinski definition) is 2. The normalized spacial score (nSPS) is 9.68. The highest BCUT2D eigenvalue weighted by Gasteiger charge is 2.06. The van der Waals surface area contributed by atoms with Crippen molar-refractivity contribution in [2.45, 2.75) is 18.7 Å². The fourth-order valence-corrected chi connectivity index (χ4v) is 1.87. The van der Waals surface area contributed by atoms with Crippen LogP contribution in [0.5, 0.6) is 0 Å². The molecule has 0 spiro atoms. The minimum atomic E-state index is -4.02. The van der Waals surface area contributed by atoms with E-state index in [1.807, 2.05) is 36.7 Å². The van der Waals surface area contributed by atoms with E-state index in [1.54, 1.807) is 23.5 Å². The van der Waals surface area contributed by atoms with Gasteiger partial charge in [-0.05, 0) is 36.4 Å². The summed E-state index contributed by atoms with van der Waals surface area (Å²) in [7, 11) is -4.02. The highest BCUT2D eigenvalue weighted by atomic mass is 32.2. The first-order valence-electron chi connectivity index (χ1n) is 5.63. The summed E-state index contributed by atoms with van der Waals surface area (Å²) in [4.78, 5) is -0.0666. The van der Waals surface area contributed by atoms with Gasteiger partial charge in [-0.1, -0.05) is 36.8 Å². The van der Waals surface area contributed by atoms with Gasteiger partial charge in [0.1, 0.15) is 0 Å². The van der Waals surface area contributed by atoms with Crippen molar-refractivity contribution in [3.63, 3.8) is 0 Å². The third-order valence-electron chi connectivity index (χ3n) is 1.74. The Bertz CT molecular complexity index is 502. The molecule has 1 aromatic heterocycles. The molecule has 0 aliphatic carbocycles. The molecule has 1 heterocycles. The predicted molar refractivity (Wildman–Crippen MR) is 80.0 cm³/mol. The molecule has 3 N–H and O–H groups in total. The van der Waals surface area contributed by atoms with E-state index in [-0.39, 0.29) is 4.90 Å². The molecule has 6 heteroatoms. The monoisotopic (exact) mass is 301 g/mol. The van der Waals surface area contributed by atoms with Crippen LogP contribution < -0.4 is 5.73 Å². The number of thiophene rings is 1. The molecular formula is C13H19NO3S2. The summed E-state index contributed by atoms with van der Waals surface area (Å²) in [6.07, 6.45) is 0. The first kappa shape index (κ1) is 17.8. The molecule has 1 aromatic carbocycles. The molecule has 0 fully saturated rings. The lowest BCUT2D eigenvalue weighted by Crippen LogP contribution is -1.96. The Morgan fingerprint density at radius 3 is 1.84 bits per heavy atom. The molecule has 0 bridgehead atoms. The van der Waals surface area contributed by atoms with E-state index in [0.717, 1.165) is 12.1 Å². The van der Waals surface area contributed by atoms with Gasteiger partial charge in [0.15, 0.2) is 0 Å². The second kappa shape index (κ2) is 9.69. The molecule has 2 aromatic rings. The number of nitrogens with two attached hydrogens (primary N) is 1. The molecule has 0 atom stereocenters. The van der Waals surface area contributed by atoms with Gasteiger partial charge in [0.25, 0.3) is 10.1 Å². The maximum Gasteiger partial charge on any atom is 0.294 e. The Kier molecular flexibility index (Phi) is 9.07. The zero-order valence-corrected chi connectivity index (χ0v) is 12.6. The molecule has 0 radical (unpaired) electrons. The maximum absolute atomic E-state index is 10.5. The van der Waals surface area contributed by atoms with E-state index < -0.39 is 10.1 Å². The molecule has 0 unspecified atom stereocenters. The summed E-state index contributed by atoms with van der Waals surface area (Å²) in [5.41, 5.74) is 5.80. The van der Waals surface area contributed by atoms with Gasteiger partial charge in [-0.15, -0.1) is 0 Å². The van der Waals surface area contributed by atoms with Crippen molar-refractivity contribution in [2.75, 3.05) is 6.54 Å². The second-order valence-corrected chi connectivity index (χ2v) is 5.73. The van der Waals surface area contributed by atoms with Crippen molar-refractivity contribution >= 4 is 21.5 Å². The Hall–Kier alpha value is -1.21. The van der Waals surface area contributed by atoms with Gasteiger partial charge < -0.3 is 5.73 Å². The van der Waals surface area contributed by atoms with E-state index in [9.17, 15) is 8.42 Å². The summed E-state index contributed by atoms with van der Waals surface area (Å²) < 4.78 is 29.6. The highest BCUT2D eigenvalue weighted by molar-refractivity contribution is 7.85. The van der Waals surface area contributed by atoms with Crippen molar-refractivity contribution in [1.82, 2.24) is 0 Å². The number of aryl methyl sites for hydroxylation is 1. The fourth-order valence-electron chi connectivity index (χ4n) is 0.937. The SMILES string of the molecule is CCN.Cc1ccc(S(=O)(=O)O)cc1.c1ccsc1. The van der Waals surface area contributed by atoms with Gasteiger partial charge in [0.05, 0.1) is 4.90 Å². The molecule has 19 heavy (non-hydrogen) atoms. The molecule has 106 valence electrons. The number of hydrogen-bond acceptors (Lipinski definition) is 4. The van der Waals surface area contributed by atoms with Gasteiger partial charge in [0.2, 0.25) is 0 Å². The average Bonchev–Trinajstić information content (AvgIpc) is 2.88. The van der Waals surface area contributed by atoms with Crippen LogP contribution in [-0.4, -0.2) is 19.5 Å². The molecule has 4 nitrogen and oxygen atoms in total. The van der Waals surface area contributed by atoms with Crippen LogP contribution in [0, 0.1) is 6.92 Å². The summed E-state index contributed by atoms with van der Waals surface area (Å²) in [5.74, 6) is 0. The third kappa shape index (κ3) is 9.38. The lowest BCUT2D eigenvalue weighted by molar-refractivity contribution is 0.483. The third-order valence-corrected chi connectivity index (χ3v) is 3.24. The van der Waals surface area contributed by atoms with Gasteiger partial charge in [0, 0.05) is 0 Å². The smallest absolute Gasteiger partial charge is 0.294 e. The minimum absolute atomic E-state index is 0.0666. The zero-order chi connectivity index (χ0) is 14.7. The van der Waals surface area contributed by atoms with E-state index in [1.165, 1.54) is 12.1 Å². The second-order valence-electron chi connectivity index (χ2n) is 3.49. The fraction of sp³-hybridized carbons (Fsp3) is 0.231. The van der Waals surface area contributed by atoms with E-state index in [0.29, 0.717) is 0 Å². The minimum Gasteiger partial charge on any atom is -0.331 e. The highest BCUT2D eigenvalue weighted by Crippen LogP contribution is 2.08. The number of benzene rings is 1. The Morgan fingerprint density at radius 2 is 1.58 bits per heavy atom. The molecular weight excluding hydrogens is 282 g/mol. The number of rotatable bonds is 1. The van der Waals surface area contributed by atoms with Crippen LogP contribution in [-0.2, 0) is 10.1 Å². The Morgan fingerprint density at radius 1 is 1.16 bits per heavy atom. The van der Waals surface area contributed by atoms with Crippen LogP contribution in [0.1, 0.15) is 12.5 Å². The molecule has 0 amide bonds. The molecule has 0 saturated heterocycles. The van der Waals surface area contributed by atoms with Crippen LogP contribution in [0.2, 0.25) is 0 Å². The Labute approximate surface area is 118 Å². The van der Waals surface area contributed by atoms with Gasteiger partial charge >= 0.3 is 0 Å². The largest absolute Gasteiger partial charge is 0.331 e. The average molecular weight is 301 g/mol. The molecule has 0 aliphatic heterocycles. The maximum atomic E-state index is 10.5. The van der Waals surface area contributed by atoms with Crippen molar-refractivity contribution < 1.29 is 13.0 Å². The van der Waals surface area contributed by atoms with Crippen molar-refractivity contribution in [1.29, 1.82) is 0 Å². The van der Waals surface area contributed by atoms with Crippen LogP contribution in [0.4, 0.5) is 0 Å². The van der Waals surface area contributed by atoms with Gasteiger partial charge in [-0.3, -0.25) is 4.55 Å². The predicted octanol–water partition coefficient (Wildman–Crippen LogP) is 2.95. The quantitative estimate of drug-likeness (QED) is 0.794. The van der Waals surface area contributed by atoms with E-state index in [2.05, 4.69) is 0 Å². The summed E-state index contributed by atoms with van der Waals surface area (Å²) >= 11 is 1.71. The lowest BCUT2D eigenvalue weighted by Gasteiger charge is -1.95. The van der Waals surface area contributed by atoms with Crippen LogP contribution in [0.25, 0.3) is 0 Å². The standard InChI is InChI=1S/C7H8O3S.C4H4S.C2H7N/c1-6-2-4-7(5-3-6)11(8,9)10;1-2-4-5-3-1;1-2-3/h2-5H,1H3,(H,8,9,10);1-4H;2-3H2,1H3. The molecule has 2 rings (SSSR count). The first-order chi connectivity index (χ1) is 8.91. The zero-order valence-electron chi connectivity index (χ0n) is 11.0. The summed E-state index contributed by atoms with van der Waals surface area (Å²) in [5, 5.41) is 4.08. The van der Waals surface area contributed by atoms with E-state index in [4.69, 9.17) is 10.3 Å². The van der Waals surface area contributed by atoms with Crippen molar-refractivity contribution in [3.8, 4) is 0 Å².